The van der Waals surface area contributed by atoms with Gasteiger partial charge < -0.3 is 10.1 Å². The fraction of sp³-hybridized carbons (Fsp3) is 0.412. The Kier molecular flexibility index (Phi) is 6.26. The van der Waals surface area contributed by atoms with E-state index in [0.717, 1.165) is 4.90 Å². The molecule has 0 unspecified atom stereocenters. The first kappa shape index (κ1) is 20.2. The van der Waals surface area contributed by atoms with Crippen molar-refractivity contribution in [1.29, 1.82) is 0 Å². The fourth-order valence-electron chi connectivity index (χ4n) is 2.59. The summed E-state index contributed by atoms with van der Waals surface area (Å²) in [5, 5.41) is 2.80. The van der Waals surface area contributed by atoms with E-state index >= 15 is 0 Å². The first-order valence-corrected chi connectivity index (χ1v) is 8.69. The molecule has 0 aliphatic carbocycles. The molecule has 2 rings (SSSR count). The summed E-state index contributed by atoms with van der Waals surface area (Å²) < 4.78 is 4.70. The lowest BCUT2D eigenvalue weighted by molar-refractivity contribution is -0.146. The standard InChI is InChI=1S/C17H18Cl2N2O5/c1-4-8(2)14(17(25)26-3)20-13(22)7-21-15(23)9-5-11(18)12(19)6-10(9)16(21)24/h5-6,8,14H,4,7H2,1-3H3,(H,20,22)/t8-,14-/m1/s1. The van der Waals surface area contributed by atoms with Gasteiger partial charge in [0.15, 0.2) is 0 Å². The molecule has 0 saturated heterocycles. The van der Waals surface area contributed by atoms with Crippen molar-refractivity contribution < 1.29 is 23.9 Å². The predicted molar refractivity (Wildman–Crippen MR) is 95.2 cm³/mol. The van der Waals surface area contributed by atoms with Crippen LogP contribution in [-0.2, 0) is 14.3 Å². The Morgan fingerprint density at radius 2 is 1.65 bits per heavy atom. The van der Waals surface area contributed by atoms with E-state index in [-0.39, 0.29) is 27.1 Å². The first-order chi connectivity index (χ1) is 12.2. The van der Waals surface area contributed by atoms with E-state index < -0.39 is 36.3 Å². The van der Waals surface area contributed by atoms with Gasteiger partial charge in [0, 0.05) is 0 Å². The lowest BCUT2D eigenvalue weighted by atomic mass is 9.99. The Hall–Kier alpha value is -2.12. The summed E-state index contributed by atoms with van der Waals surface area (Å²) >= 11 is 11.8. The van der Waals surface area contributed by atoms with Crippen LogP contribution in [0.2, 0.25) is 10.0 Å². The minimum atomic E-state index is -0.864. The van der Waals surface area contributed by atoms with Crippen molar-refractivity contribution in [3.63, 3.8) is 0 Å². The van der Waals surface area contributed by atoms with Gasteiger partial charge in [-0.2, -0.15) is 0 Å². The van der Waals surface area contributed by atoms with Crippen LogP contribution in [-0.4, -0.2) is 48.3 Å². The smallest absolute Gasteiger partial charge is 0.328 e. The second-order valence-corrected chi connectivity index (χ2v) is 6.78. The maximum absolute atomic E-state index is 12.4. The molecule has 7 nitrogen and oxygen atoms in total. The van der Waals surface area contributed by atoms with Crippen LogP contribution in [0.5, 0.6) is 0 Å². The van der Waals surface area contributed by atoms with Gasteiger partial charge in [0.1, 0.15) is 12.6 Å². The Labute approximate surface area is 160 Å². The van der Waals surface area contributed by atoms with Crippen LogP contribution in [0.25, 0.3) is 0 Å². The number of methoxy groups -OCH3 is 1. The summed E-state index contributed by atoms with van der Waals surface area (Å²) in [6.07, 6.45) is 0.629. The number of esters is 1. The van der Waals surface area contributed by atoms with Gasteiger partial charge in [-0.15, -0.1) is 0 Å². The number of hydrogen-bond acceptors (Lipinski definition) is 5. The minimum absolute atomic E-state index is 0.0867. The summed E-state index contributed by atoms with van der Waals surface area (Å²) in [6, 6.07) is 1.73. The van der Waals surface area contributed by atoms with Crippen LogP contribution in [0.4, 0.5) is 0 Å². The van der Waals surface area contributed by atoms with Crippen LogP contribution < -0.4 is 5.32 Å². The SMILES string of the molecule is CC[C@@H](C)[C@@H](NC(=O)CN1C(=O)c2cc(Cl)c(Cl)cc2C1=O)C(=O)OC. The second kappa shape index (κ2) is 8.05. The van der Waals surface area contributed by atoms with Crippen molar-refractivity contribution in [3.05, 3.63) is 33.3 Å². The number of fused-ring (bicyclic) bond motifs is 1. The fourth-order valence-corrected chi connectivity index (χ4v) is 2.91. The molecule has 9 heteroatoms. The van der Waals surface area contributed by atoms with Crippen LogP contribution in [0, 0.1) is 5.92 Å². The molecule has 0 spiro atoms. The Morgan fingerprint density at radius 1 is 1.15 bits per heavy atom. The minimum Gasteiger partial charge on any atom is -0.467 e. The van der Waals surface area contributed by atoms with Crippen LogP contribution >= 0.6 is 23.2 Å². The largest absolute Gasteiger partial charge is 0.467 e. The number of carbonyl (C=O) groups excluding carboxylic acids is 4. The molecular formula is C17H18Cl2N2O5. The number of rotatable bonds is 6. The van der Waals surface area contributed by atoms with Crippen molar-refractivity contribution in [2.24, 2.45) is 5.92 Å². The third kappa shape index (κ3) is 3.83. The monoisotopic (exact) mass is 400 g/mol. The predicted octanol–water partition coefficient (Wildman–Crippen LogP) is 2.29. The van der Waals surface area contributed by atoms with Crippen LogP contribution in [0.3, 0.4) is 0 Å². The zero-order valence-electron chi connectivity index (χ0n) is 14.5. The molecule has 1 heterocycles. The van der Waals surface area contributed by atoms with Gasteiger partial charge >= 0.3 is 5.97 Å². The maximum Gasteiger partial charge on any atom is 0.328 e. The number of ether oxygens (including phenoxy) is 1. The second-order valence-electron chi connectivity index (χ2n) is 5.96. The van der Waals surface area contributed by atoms with Crippen molar-refractivity contribution in [2.45, 2.75) is 26.3 Å². The van der Waals surface area contributed by atoms with Gasteiger partial charge in [-0.05, 0) is 18.1 Å². The summed E-state index contributed by atoms with van der Waals surface area (Å²) in [4.78, 5) is 49.8. The highest BCUT2D eigenvalue weighted by Gasteiger charge is 2.38. The normalized spacial score (nSPS) is 15.5. The number of carbonyl (C=O) groups is 4. The maximum atomic E-state index is 12.4. The molecule has 26 heavy (non-hydrogen) atoms. The Bertz CT molecular complexity index is 740. The van der Waals surface area contributed by atoms with Crippen molar-refractivity contribution in [2.75, 3.05) is 13.7 Å². The van der Waals surface area contributed by atoms with Gasteiger partial charge in [-0.25, -0.2) is 4.79 Å². The molecule has 0 bridgehead atoms. The molecule has 0 radical (unpaired) electrons. The number of benzene rings is 1. The molecule has 0 fully saturated rings. The number of hydrogen-bond donors (Lipinski definition) is 1. The lowest BCUT2D eigenvalue weighted by Gasteiger charge is -2.23. The molecule has 3 amide bonds. The van der Waals surface area contributed by atoms with Gasteiger partial charge in [0.05, 0.1) is 28.3 Å². The molecule has 2 atom stereocenters. The van der Waals surface area contributed by atoms with Gasteiger partial charge in [0.25, 0.3) is 11.8 Å². The van der Waals surface area contributed by atoms with E-state index in [2.05, 4.69) is 5.32 Å². The number of imide groups is 1. The lowest BCUT2D eigenvalue weighted by Crippen LogP contribution is -2.49. The van der Waals surface area contributed by atoms with E-state index in [1.807, 2.05) is 6.92 Å². The van der Waals surface area contributed by atoms with Crippen molar-refractivity contribution >= 4 is 46.9 Å². The number of amides is 3. The zero-order chi connectivity index (χ0) is 19.6. The highest BCUT2D eigenvalue weighted by atomic mass is 35.5. The van der Waals surface area contributed by atoms with Gasteiger partial charge in [-0.3, -0.25) is 19.3 Å². The summed E-state index contributed by atoms with van der Waals surface area (Å²) in [7, 11) is 1.22. The molecule has 1 aliphatic rings. The summed E-state index contributed by atoms with van der Waals surface area (Å²) in [5.41, 5.74) is 0.173. The van der Waals surface area contributed by atoms with Crippen molar-refractivity contribution in [3.8, 4) is 0 Å². The third-order valence-electron chi connectivity index (χ3n) is 4.30. The quantitative estimate of drug-likeness (QED) is 0.583. The van der Waals surface area contributed by atoms with E-state index in [0.29, 0.717) is 6.42 Å². The van der Waals surface area contributed by atoms with Crippen molar-refractivity contribution in [1.82, 2.24) is 10.2 Å². The van der Waals surface area contributed by atoms with E-state index in [4.69, 9.17) is 27.9 Å². The average molecular weight is 401 g/mol. The topological polar surface area (TPSA) is 92.8 Å². The van der Waals surface area contributed by atoms with Crippen LogP contribution in [0.15, 0.2) is 12.1 Å². The highest BCUT2D eigenvalue weighted by molar-refractivity contribution is 6.43. The van der Waals surface area contributed by atoms with E-state index in [9.17, 15) is 19.2 Å². The highest BCUT2D eigenvalue weighted by Crippen LogP contribution is 2.31. The molecule has 1 N–H and O–H groups in total. The van der Waals surface area contributed by atoms with Crippen LogP contribution in [0.1, 0.15) is 41.0 Å². The Morgan fingerprint density at radius 3 is 2.08 bits per heavy atom. The molecule has 140 valence electrons. The van der Waals surface area contributed by atoms with E-state index in [1.54, 1.807) is 6.92 Å². The van der Waals surface area contributed by atoms with E-state index in [1.165, 1.54) is 19.2 Å². The Balaban J connectivity index is 2.16. The third-order valence-corrected chi connectivity index (χ3v) is 5.02. The molecule has 0 aromatic heterocycles. The number of nitrogens with zero attached hydrogens (tertiary/aromatic N) is 1. The van der Waals surface area contributed by atoms with Gasteiger partial charge in [0.2, 0.25) is 5.91 Å². The average Bonchev–Trinajstić information content (AvgIpc) is 2.83. The number of halogens is 2. The first-order valence-electron chi connectivity index (χ1n) is 7.93. The summed E-state index contributed by atoms with van der Waals surface area (Å²) in [5.74, 6) is -2.69. The zero-order valence-corrected chi connectivity index (χ0v) is 16.0. The molecular weight excluding hydrogens is 383 g/mol. The van der Waals surface area contributed by atoms with Gasteiger partial charge in [-0.1, -0.05) is 43.5 Å². The molecule has 1 aliphatic heterocycles. The molecule has 0 saturated carbocycles. The molecule has 1 aromatic rings. The molecule has 1 aromatic carbocycles. The summed E-state index contributed by atoms with van der Waals surface area (Å²) in [6.45, 7) is 3.13. The number of nitrogens with one attached hydrogen (secondary N) is 1.